The van der Waals surface area contributed by atoms with Crippen molar-refractivity contribution in [2.75, 3.05) is 0 Å². The molecule has 0 aliphatic rings. The summed E-state index contributed by atoms with van der Waals surface area (Å²) in [5.74, 6) is 1.35. The number of hydrogen-bond acceptors (Lipinski definition) is 3. The van der Waals surface area contributed by atoms with Crippen molar-refractivity contribution in [1.82, 2.24) is 24.0 Å². The number of para-hydroxylation sites is 4. The summed E-state index contributed by atoms with van der Waals surface area (Å²) < 4.78 is 5.06. The Bertz CT molecular complexity index is 1540. The van der Waals surface area contributed by atoms with Gasteiger partial charge in [0.2, 0.25) is 0 Å². The molecular weight excluding hydrogens is 438 g/mol. The summed E-state index contributed by atoms with van der Waals surface area (Å²) in [7, 11) is 0. The summed E-state index contributed by atoms with van der Waals surface area (Å²) in [6.45, 7) is 5.84. The SMILES string of the molecule is CC(C)CCn1c(Cn2c(=O)n(C(=O)NCc3ccccc3)c3ccccc32)nc2ccccc21. The molecule has 7 heteroatoms. The number of hydrogen-bond donors (Lipinski definition) is 1. The van der Waals surface area contributed by atoms with Crippen LogP contribution in [-0.4, -0.2) is 24.7 Å². The van der Waals surface area contributed by atoms with E-state index in [4.69, 9.17) is 4.98 Å². The smallest absolute Gasteiger partial charge is 0.333 e. The van der Waals surface area contributed by atoms with E-state index in [0.29, 0.717) is 23.5 Å². The molecule has 2 aromatic heterocycles. The molecule has 1 amide bonds. The quantitative estimate of drug-likeness (QED) is 0.366. The average molecular weight is 468 g/mol. The molecule has 3 aromatic carbocycles. The van der Waals surface area contributed by atoms with Crippen LogP contribution in [0.4, 0.5) is 4.79 Å². The van der Waals surface area contributed by atoms with Gasteiger partial charge in [0, 0.05) is 13.1 Å². The Kier molecular flexibility index (Phi) is 6.23. The molecule has 0 saturated carbocycles. The number of amides is 1. The number of benzene rings is 3. The fourth-order valence-electron chi connectivity index (χ4n) is 4.43. The molecule has 0 radical (unpaired) electrons. The van der Waals surface area contributed by atoms with E-state index in [9.17, 15) is 9.59 Å². The molecule has 0 fully saturated rings. The van der Waals surface area contributed by atoms with Crippen LogP contribution in [0.2, 0.25) is 0 Å². The van der Waals surface area contributed by atoms with Gasteiger partial charge >= 0.3 is 11.7 Å². The van der Waals surface area contributed by atoms with Gasteiger partial charge in [-0.25, -0.2) is 19.1 Å². The minimum absolute atomic E-state index is 0.283. The predicted molar refractivity (Wildman–Crippen MR) is 139 cm³/mol. The highest BCUT2D eigenvalue weighted by Crippen LogP contribution is 2.20. The molecule has 0 saturated heterocycles. The Morgan fingerprint density at radius 1 is 0.857 bits per heavy atom. The average Bonchev–Trinajstić information content (AvgIpc) is 3.36. The third-order valence-corrected chi connectivity index (χ3v) is 6.29. The number of aryl methyl sites for hydroxylation is 1. The number of imidazole rings is 2. The number of carbonyl (C=O) groups is 1. The maximum absolute atomic E-state index is 13.6. The minimum Gasteiger partial charge on any atom is -0.333 e. The molecule has 35 heavy (non-hydrogen) atoms. The molecule has 5 rings (SSSR count). The lowest BCUT2D eigenvalue weighted by Crippen LogP contribution is -2.36. The zero-order valence-corrected chi connectivity index (χ0v) is 20.0. The van der Waals surface area contributed by atoms with Gasteiger partial charge in [-0.2, -0.15) is 0 Å². The maximum Gasteiger partial charge on any atom is 0.337 e. The van der Waals surface area contributed by atoms with Crippen molar-refractivity contribution in [3.63, 3.8) is 0 Å². The van der Waals surface area contributed by atoms with Crippen molar-refractivity contribution < 1.29 is 4.79 Å². The van der Waals surface area contributed by atoms with Gasteiger partial charge in [-0.15, -0.1) is 0 Å². The van der Waals surface area contributed by atoms with Crippen molar-refractivity contribution >= 4 is 28.1 Å². The summed E-state index contributed by atoms with van der Waals surface area (Å²) in [5.41, 5.74) is 3.84. The number of aromatic nitrogens is 4. The monoisotopic (exact) mass is 467 g/mol. The number of nitrogens with one attached hydrogen (secondary N) is 1. The van der Waals surface area contributed by atoms with E-state index in [-0.39, 0.29) is 12.2 Å². The Hall–Kier alpha value is -4.13. The third-order valence-electron chi connectivity index (χ3n) is 6.29. The highest BCUT2D eigenvalue weighted by molar-refractivity contribution is 5.89. The molecule has 0 aliphatic carbocycles. The molecule has 0 aliphatic heterocycles. The zero-order valence-electron chi connectivity index (χ0n) is 20.0. The molecule has 7 nitrogen and oxygen atoms in total. The van der Waals surface area contributed by atoms with Crippen LogP contribution < -0.4 is 11.0 Å². The molecule has 1 N–H and O–H groups in total. The van der Waals surface area contributed by atoms with Crippen LogP contribution in [0.15, 0.2) is 83.7 Å². The first-order chi connectivity index (χ1) is 17.0. The predicted octanol–water partition coefficient (Wildman–Crippen LogP) is 5.01. The van der Waals surface area contributed by atoms with E-state index in [1.165, 1.54) is 4.57 Å². The first-order valence-corrected chi connectivity index (χ1v) is 12.0. The van der Waals surface area contributed by atoms with E-state index < -0.39 is 6.03 Å². The molecular formula is C28H29N5O2. The van der Waals surface area contributed by atoms with Gasteiger partial charge in [-0.1, -0.05) is 68.4 Å². The van der Waals surface area contributed by atoms with Crippen LogP contribution in [0.25, 0.3) is 22.1 Å². The number of fused-ring (bicyclic) bond motifs is 2. The summed E-state index contributed by atoms with van der Waals surface area (Å²) in [4.78, 5) is 31.5. The Labute approximate surface area is 203 Å². The second-order valence-corrected chi connectivity index (χ2v) is 9.19. The maximum atomic E-state index is 13.6. The van der Waals surface area contributed by atoms with Gasteiger partial charge in [0.05, 0.1) is 28.6 Å². The standard InChI is InChI=1S/C28H29N5O2/c1-20(2)16-17-31-23-13-7-6-12-22(23)30-26(31)19-32-24-14-8-9-15-25(24)33(28(32)35)27(34)29-18-21-10-4-3-5-11-21/h3-15,20H,16-19H2,1-2H3,(H,29,34). The molecule has 0 bridgehead atoms. The summed E-state index contributed by atoms with van der Waals surface area (Å²) in [5, 5.41) is 2.88. The second-order valence-electron chi connectivity index (χ2n) is 9.19. The molecule has 178 valence electrons. The number of carbonyl (C=O) groups excluding carboxylic acids is 1. The van der Waals surface area contributed by atoms with Crippen molar-refractivity contribution in [3.8, 4) is 0 Å². The van der Waals surface area contributed by atoms with Gasteiger partial charge in [-0.05, 0) is 42.2 Å². The lowest BCUT2D eigenvalue weighted by molar-refractivity contribution is 0.242. The van der Waals surface area contributed by atoms with E-state index >= 15 is 0 Å². The van der Waals surface area contributed by atoms with Crippen molar-refractivity contribution in [3.05, 3.63) is 101 Å². The highest BCUT2D eigenvalue weighted by atomic mass is 16.2. The molecule has 5 aromatic rings. The van der Waals surface area contributed by atoms with Crippen LogP contribution in [-0.2, 0) is 19.6 Å². The Balaban J connectivity index is 1.53. The lowest BCUT2D eigenvalue weighted by Gasteiger charge is -2.11. The van der Waals surface area contributed by atoms with E-state index in [0.717, 1.165) is 35.4 Å². The lowest BCUT2D eigenvalue weighted by atomic mass is 10.1. The van der Waals surface area contributed by atoms with Gasteiger partial charge in [-0.3, -0.25) is 4.57 Å². The van der Waals surface area contributed by atoms with E-state index in [1.54, 1.807) is 10.6 Å². The number of rotatable bonds is 7. The zero-order chi connectivity index (χ0) is 24.4. The Morgan fingerprint density at radius 3 is 2.26 bits per heavy atom. The van der Waals surface area contributed by atoms with E-state index in [1.807, 2.05) is 66.7 Å². The number of nitrogens with zero attached hydrogens (tertiary/aromatic N) is 4. The largest absolute Gasteiger partial charge is 0.337 e. The van der Waals surface area contributed by atoms with Crippen molar-refractivity contribution in [2.24, 2.45) is 5.92 Å². The topological polar surface area (TPSA) is 73.8 Å². The molecule has 2 heterocycles. The Morgan fingerprint density at radius 2 is 1.51 bits per heavy atom. The first-order valence-electron chi connectivity index (χ1n) is 12.0. The summed E-state index contributed by atoms with van der Waals surface area (Å²) >= 11 is 0. The highest BCUT2D eigenvalue weighted by Gasteiger charge is 2.20. The molecule has 0 unspecified atom stereocenters. The molecule has 0 atom stereocenters. The van der Waals surface area contributed by atoms with Gasteiger partial charge in [0.1, 0.15) is 5.82 Å². The van der Waals surface area contributed by atoms with Crippen LogP contribution >= 0.6 is 0 Å². The second kappa shape index (κ2) is 9.62. The van der Waals surface area contributed by atoms with Crippen molar-refractivity contribution in [1.29, 1.82) is 0 Å². The van der Waals surface area contributed by atoms with Crippen molar-refractivity contribution in [2.45, 2.75) is 39.9 Å². The van der Waals surface area contributed by atoms with E-state index in [2.05, 4.69) is 29.8 Å². The third kappa shape index (κ3) is 4.49. The van der Waals surface area contributed by atoms with Gasteiger partial charge < -0.3 is 9.88 Å². The summed E-state index contributed by atoms with van der Waals surface area (Å²) in [6, 6.07) is 24.6. The van der Waals surface area contributed by atoms with Crippen LogP contribution in [0.5, 0.6) is 0 Å². The molecule has 0 spiro atoms. The van der Waals surface area contributed by atoms with Crippen LogP contribution in [0.3, 0.4) is 0 Å². The van der Waals surface area contributed by atoms with Gasteiger partial charge in [0.15, 0.2) is 0 Å². The first kappa shape index (κ1) is 22.7. The normalized spacial score (nSPS) is 11.5. The van der Waals surface area contributed by atoms with Crippen LogP contribution in [0.1, 0.15) is 31.7 Å². The van der Waals surface area contributed by atoms with Crippen LogP contribution in [0, 0.1) is 5.92 Å². The fraction of sp³-hybridized carbons (Fsp3) is 0.250. The fourth-order valence-corrected chi connectivity index (χ4v) is 4.43. The minimum atomic E-state index is -0.442. The van der Waals surface area contributed by atoms with Gasteiger partial charge in [0.25, 0.3) is 0 Å². The summed E-state index contributed by atoms with van der Waals surface area (Å²) in [6.07, 6.45) is 1.01.